The Morgan fingerprint density at radius 3 is 2.59 bits per heavy atom. The van der Waals surface area contributed by atoms with Gasteiger partial charge in [0.05, 0.1) is 0 Å². The minimum absolute atomic E-state index is 0.234. The zero-order valence-electron chi connectivity index (χ0n) is 8.79. The van der Waals surface area contributed by atoms with Gasteiger partial charge in [0.15, 0.2) is 0 Å². The number of nitrogens with two attached hydrogens (primary N) is 1. The fourth-order valence-electron chi connectivity index (χ4n) is 1.27. The van der Waals surface area contributed by atoms with Crippen LogP contribution in [-0.2, 0) is 16.1 Å². The average molecular weight is 237 g/mol. The zero-order chi connectivity index (χ0) is 12.7. The smallest absolute Gasteiger partial charge is 0.349 e. The highest BCUT2D eigenvalue weighted by Gasteiger charge is 2.19. The van der Waals surface area contributed by atoms with E-state index in [4.69, 9.17) is 11.4 Å². The molecule has 0 spiro atoms. The number of hydrogen-bond donors (Lipinski definition) is 3. The van der Waals surface area contributed by atoms with Crippen LogP contribution in [0.25, 0.3) is 0 Å². The van der Waals surface area contributed by atoms with Crippen molar-refractivity contribution in [3.63, 3.8) is 0 Å². The summed E-state index contributed by atoms with van der Waals surface area (Å²) < 4.78 is 0. The van der Waals surface area contributed by atoms with Gasteiger partial charge in [-0.15, -0.1) is 4.91 Å². The van der Waals surface area contributed by atoms with Gasteiger partial charge in [-0.2, -0.15) is 11.4 Å². The fraction of sp³-hybridized carbons (Fsp3) is 0.222. The molecule has 0 radical (unpaired) electrons. The number of rotatable bonds is 6. The summed E-state index contributed by atoms with van der Waals surface area (Å²) in [5.41, 5.74) is 9.95. The van der Waals surface area contributed by atoms with Gasteiger partial charge >= 0.3 is 5.97 Å². The summed E-state index contributed by atoms with van der Waals surface area (Å²) in [5.74, 6) is 4.03. The maximum atomic E-state index is 11.2. The van der Waals surface area contributed by atoms with E-state index in [0.717, 1.165) is 5.56 Å². The molecule has 4 N–H and O–H groups in total. The third-order valence-electron chi connectivity index (χ3n) is 2.10. The lowest BCUT2D eigenvalue weighted by Gasteiger charge is -2.12. The van der Waals surface area contributed by atoms with Crippen LogP contribution in [0.3, 0.4) is 0 Å². The highest BCUT2D eigenvalue weighted by molar-refractivity contribution is 5.75. The molecule has 8 nitrogen and oxygen atoms in total. The number of benzene rings is 1. The van der Waals surface area contributed by atoms with E-state index in [-0.39, 0.29) is 6.42 Å². The van der Waals surface area contributed by atoms with Crippen molar-refractivity contribution in [1.82, 2.24) is 5.43 Å². The van der Waals surface area contributed by atoms with Crippen LogP contribution in [0.4, 0.5) is 5.69 Å². The van der Waals surface area contributed by atoms with Crippen molar-refractivity contribution in [2.75, 3.05) is 0 Å². The second-order valence-corrected chi connectivity index (χ2v) is 3.19. The van der Waals surface area contributed by atoms with Gasteiger partial charge in [-0.3, -0.25) is 5.43 Å². The van der Waals surface area contributed by atoms with Crippen molar-refractivity contribution < 1.29 is 9.63 Å². The Morgan fingerprint density at radius 1 is 1.47 bits per heavy atom. The molecule has 0 aliphatic rings. The Bertz CT molecular complexity index is 406. The van der Waals surface area contributed by atoms with Crippen LogP contribution in [0.5, 0.6) is 0 Å². The van der Waals surface area contributed by atoms with Crippen LogP contribution in [0.15, 0.2) is 34.7 Å². The Morgan fingerprint density at radius 2 is 2.12 bits per heavy atom. The number of carbonyl (C=O) groups excluding carboxylic acids is 1. The molecule has 0 amide bonds. The van der Waals surface area contributed by atoms with Crippen LogP contribution in [0, 0.1) is 10.4 Å². The first-order chi connectivity index (χ1) is 8.21. The lowest BCUT2D eigenvalue weighted by atomic mass is 10.1. The highest BCUT2D eigenvalue weighted by atomic mass is 16.7. The van der Waals surface area contributed by atoms with Crippen LogP contribution in [0.1, 0.15) is 5.56 Å². The summed E-state index contributed by atoms with van der Waals surface area (Å²) in [6, 6.07) is 5.47. The summed E-state index contributed by atoms with van der Waals surface area (Å²) >= 11 is 0. The molecular weight excluding hydrogens is 226 g/mol. The van der Waals surface area contributed by atoms with E-state index in [1.807, 2.05) is 0 Å². The highest BCUT2D eigenvalue weighted by Crippen LogP contribution is 2.13. The van der Waals surface area contributed by atoms with Crippen LogP contribution in [0.2, 0.25) is 0 Å². The van der Waals surface area contributed by atoms with E-state index in [9.17, 15) is 9.70 Å². The van der Waals surface area contributed by atoms with Crippen molar-refractivity contribution >= 4 is 11.7 Å². The van der Waals surface area contributed by atoms with E-state index >= 15 is 0 Å². The summed E-state index contributed by atoms with van der Waals surface area (Å²) in [4.78, 5) is 25.5. The third kappa shape index (κ3) is 3.61. The predicted octanol–water partition coefficient (Wildman–Crippen LogP) is 0.948. The average Bonchev–Trinajstić information content (AvgIpc) is 2.38. The molecule has 0 aromatic heterocycles. The molecule has 90 valence electrons. The van der Waals surface area contributed by atoms with Gasteiger partial charge in [-0.1, -0.05) is 17.4 Å². The normalized spacial score (nSPS) is 11.4. The second-order valence-electron chi connectivity index (χ2n) is 3.19. The molecule has 0 aliphatic heterocycles. The van der Waals surface area contributed by atoms with E-state index in [0.29, 0.717) is 5.69 Å². The Kier molecular flexibility index (Phi) is 4.70. The molecule has 0 bridgehead atoms. The standard InChI is InChI=1S/C9H11N5O3/c10-14-12-8(9(15)17-11)5-6-1-3-7(13-16)4-2-6/h1-4,8H,5,11H2,(H2,10,12)/t8-/m0/s1. The number of carbonyl (C=O) groups is 1. The van der Waals surface area contributed by atoms with Crippen molar-refractivity contribution in [1.29, 1.82) is 5.53 Å². The molecule has 0 unspecified atom stereocenters. The lowest BCUT2D eigenvalue weighted by molar-refractivity contribution is -0.146. The molecule has 17 heavy (non-hydrogen) atoms. The Labute approximate surface area is 96.5 Å². The summed E-state index contributed by atoms with van der Waals surface area (Å²) in [5, 5.41) is 5.66. The minimum Gasteiger partial charge on any atom is -0.372 e. The minimum atomic E-state index is -0.840. The first-order valence-electron chi connectivity index (χ1n) is 4.66. The van der Waals surface area contributed by atoms with Crippen LogP contribution >= 0.6 is 0 Å². The summed E-state index contributed by atoms with van der Waals surface area (Å²) in [6.07, 6.45) is 0.234. The van der Waals surface area contributed by atoms with Gasteiger partial charge in [0.2, 0.25) is 0 Å². The van der Waals surface area contributed by atoms with Crippen LogP contribution in [-0.4, -0.2) is 12.0 Å². The first-order valence-corrected chi connectivity index (χ1v) is 4.66. The fourth-order valence-corrected chi connectivity index (χ4v) is 1.27. The summed E-state index contributed by atoms with van der Waals surface area (Å²) in [6.45, 7) is 0. The molecular formula is C9H11N5O3. The Balaban J connectivity index is 2.74. The second kappa shape index (κ2) is 6.28. The maximum Gasteiger partial charge on any atom is 0.349 e. The monoisotopic (exact) mass is 237 g/mol. The van der Waals surface area contributed by atoms with Gasteiger partial charge in [-0.05, 0) is 22.9 Å². The van der Waals surface area contributed by atoms with E-state index in [1.54, 1.807) is 12.1 Å². The molecule has 1 rings (SSSR count). The van der Waals surface area contributed by atoms with Crippen LogP contribution < -0.4 is 11.3 Å². The zero-order valence-corrected chi connectivity index (χ0v) is 8.79. The largest absolute Gasteiger partial charge is 0.372 e. The molecule has 1 atom stereocenters. The predicted molar refractivity (Wildman–Crippen MR) is 58.0 cm³/mol. The van der Waals surface area contributed by atoms with Crippen molar-refractivity contribution in [3.05, 3.63) is 34.7 Å². The maximum absolute atomic E-state index is 11.2. The van der Waals surface area contributed by atoms with Crippen molar-refractivity contribution in [2.24, 2.45) is 16.3 Å². The Hall–Kier alpha value is -2.35. The topological polar surface area (TPSA) is 130 Å². The first kappa shape index (κ1) is 12.7. The lowest BCUT2D eigenvalue weighted by Crippen LogP contribution is -2.37. The molecule has 0 aliphatic carbocycles. The van der Waals surface area contributed by atoms with Gasteiger partial charge in [-0.25, -0.2) is 4.79 Å². The van der Waals surface area contributed by atoms with Gasteiger partial charge in [0.25, 0.3) is 0 Å². The van der Waals surface area contributed by atoms with E-state index in [2.05, 4.69) is 20.7 Å². The van der Waals surface area contributed by atoms with Crippen molar-refractivity contribution in [3.8, 4) is 0 Å². The molecule has 0 fully saturated rings. The number of nitrogens with zero attached hydrogens (tertiary/aromatic N) is 2. The molecule has 0 saturated carbocycles. The number of nitrogens with one attached hydrogen (secondary N) is 2. The number of hydrogen-bond acceptors (Lipinski definition) is 7. The van der Waals surface area contributed by atoms with E-state index < -0.39 is 12.0 Å². The SMILES string of the molecule is N=NN[C@@H](Cc1ccc(N=O)cc1)C(=O)ON. The molecule has 8 heteroatoms. The van der Waals surface area contributed by atoms with Gasteiger partial charge in [0.1, 0.15) is 11.7 Å². The van der Waals surface area contributed by atoms with Gasteiger partial charge < -0.3 is 4.84 Å². The summed E-state index contributed by atoms with van der Waals surface area (Å²) in [7, 11) is 0. The molecule has 0 heterocycles. The molecule has 0 saturated heterocycles. The van der Waals surface area contributed by atoms with Gasteiger partial charge in [0, 0.05) is 6.42 Å². The van der Waals surface area contributed by atoms with E-state index in [1.165, 1.54) is 12.1 Å². The molecule has 1 aromatic rings. The number of nitroso groups, excluding NO2 is 1. The molecule has 1 aromatic carbocycles. The van der Waals surface area contributed by atoms with Crippen molar-refractivity contribution in [2.45, 2.75) is 12.5 Å². The third-order valence-corrected chi connectivity index (χ3v) is 2.10. The quantitative estimate of drug-likeness (QED) is 0.385.